The van der Waals surface area contributed by atoms with Crippen LogP contribution >= 0.6 is 0 Å². The predicted octanol–water partition coefficient (Wildman–Crippen LogP) is 4.74. The fourth-order valence-electron chi connectivity index (χ4n) is 4.00. The second-order valence-corrected chi connectivity index (χ2v) is 7.71. The van der Waals surface area contributed by atoms with E-state index >= 15 is 0 Å². The number of hydrogen-bond acceptors (Lipinski definition) is 7. The summed E-state index contributed by atoms with van der Waals surface area (Å²) in [5, 5.41) is 11.0. The predicted molar refractivity (Wildman–Crippen MR) is 125 cm³/mol. The highest BCUT2D eigenvalue weighted by molar-refractivity contribution is 6.06. The van der Waals surface area contributed by atoms with Crippen LogP contribution in [0.1, 0.15) is 40.5 Å². The molecule has 1 atom stereocenters. The number of oxazole rings is 1. The first kappa shape index (κ1) is 21.2. The van der Waals surface area contributed by atoms with Crippen molar-refractivity contribution in [1.82, 2.24) is 4.98 Å². The second-order valence-electron chi connectivity index (χ2n) is 7.71. The van der Waals surface area contributed by atoms with Gasteiger partial charge in [-0.25, -0.2) is 9.98 Å². The molecule has 0 aliphatic carbocycles. The molecule has 7 heteroatoms. The first-order chi connectivity index (χ1) is 14.9. The third-order valence-corrected chi connectivity index (χ3v) is 5.76. The Labute approximate surface area is 183 Å². The van der Waals surface area contributed by atoms with Crippen LogP contribution in [0.25, 0.3) is 11.1 Å². The average Bonchev–Trinajstić information content (AvgIpc) is 3.17. The summed E-state index contributed by atoms with van der Waals surface area (Å²) in [5.41, 5.74) is 4.37. The van der Waals surface area contributed by atoms with Crippen LogP contribution in [0.4, 0.5) is 17.1 Å². The molecule has 1 N–H and O–H groups in total. The van der Waals surface area contributed by atoms with Gasteiger partial charge >= 0.3 is 0 Å². The summed E-state index contributed by atoms with van der Waals surface area (Å²) in [7, 11) is 0. The van der Waals surface area contributed by atoms with Gasteiger partial charge in [0, 0.05) is 56.6 Å². The molecule has 0 amide bonds. The summed E-state index contributed by atoms with van der Waals surface area (Å²) in [5.74, 6) is -0.856. The van der Waals surface area contributed by atoms with Gasteiger partial charge in [0.05, 0.1) is 0 Å². The third-order valence-electron chi connectivity index (χ3n) is 5.76. The highest BCUT2D eigenvalue weighted by Crippen LogP contribution is 2.40. The number of aliphatic hydroxyl groups is 1. The number of benzene rings is 2. The van der Waals surface area contributed by atoms with Crippen LogP contribution in [0.3, 0.4) is 0 Å². The first-order valence-electron chi connectivity index (χ1n) is 11.0. The lowest BCUT2D eigenvalue weighted by molar-refractivity contribution is -0.0609. The van der Waals surface area contributed by atoms with Gasteiger partial charge in [-0.2, -0.15) is 0 Å². The monoisotopic (exact) mass is 422 g/mol. The van der Waals surface area contributed by atoms with Gasteiger partial charge in [-0.05, 0) is 52.0 Å². The Morgan fingerprint density at radius 1 is 0.903 bits per heavy atom. The topological polar surface area (TPSA) is 74.3 Å². The lowest BCUT2D eigenvalue weighted by Gasteiger charge is -2.30. The minimum Gasteiger partial charge on any atom is -0.454 e. The maximum Gasteiger partial charge on any atom is 0.254 e. The second kappa shape index (κ2) is 8.23. The molecule has 3 aromatic rings. The first-order valence-corrected chi connectivity index (χ1v) is 11.0. The summed E-state index contributed by atoms with van der Waals surface area (Å²) < 4.78 is 12.0. The Kier molecular flexibility index (Phi) is 5.62. The van der Waals surface area contributed by atoms with Crippen LogP contribution in [-0.2, 0) is 0 Å². The standard InChI is InChI=1S/C24H30N4O3/c1-6-27(7-2)16-10-12-18-20(14-16)30-23(26-18)22-24(5,29)31-21-15-17(28(8-3)9-4)11-13-19(21)25-22/h10-15,29H,6-9H2,1-5H3/t24-/m0/s1. The van der Waals surface area contributed by atoms with E-state index in [9.17, 15) is 5.11 Å². The molecule has 1 aliphatic heterocycles. The summed E-state index contributed by atoms with van der Waals surface area (Å²) in [4.78, 5) is 13.7. The van der Waals surface area contributed by atoms with Gasteiger partial charge in [-0.3, -0.25) is 0 Å². The molecular formula is C24H30N4O3. The zero-order chi connectivity index (χ0) is 22.2. The largest absolute Gasteiger partial charge is 0.454 e. The van der Waals surface area contributed by atoms with Crippen LogP contribution in [0.15, 0.2) is 45.8 Å². The molecule has 0 bridgehead atoms. The number of anilines is 2. The molecule has 4 rings (SSSR count). The molecule has 0 saturated carbocycles. The van der Waals surface area contributed by atoms with Crippen molar-refractivity contribution in [2.45, 2.75) is 40.4 Å². The molecule has 164 valence electrons. The summed E-state index contributed by atoms with van der Waals surface area (Å²) in [6, 6.07) is 11.8. The SMILES string of the molecule is CCN(CC)c1ccc2c(c1)O[C@](C)(O)C(c1nc3ccc(N(CC)CC)cc3o1)=N2. The molecule has 0 radical (unpaired) electrons. The lowest BCUT2D eigenvalue weighted by Crippen LogP contribution is -2.43. The fourth-order valence-corrected chi connectivity index (χ4v) is 4.00. The van der Waals surface area contributed by atoms with E-state index in [2.05, 4.69) is 47.5 Å². The van der Waals surface area contributed by atoms with Gasteiger partial charge in [-0.1, -0.05) is 0 Å². The quantitative estimate of drug-likeness (QED) is 0.593. The van der Waals surface area contributed by atoms with Crippen LogP contribution in [0, 0.1) is 0 Å². The van der Waals surface area contributed by atoms with Gasteiger partial charge in [0.15, 0.2) is 17.0 Å². The molecule has 1 aromatic heterocycles. The van der Waals surface area contributed by atoms with Crippen molar-refractivity contribution in [3.05, 3.63) is 42.3 Å². The minimum absolute atomic E-state index is 0.259. The van der Waals surface area contributed by atoms with Crippen molar-refractivity contribution in [2.24, 2.45) is 4.99 Å². The van der Waals surface area contributed by atoms with E-state index in [0.29, 0.717) is 22.5 Å². The smallest absolute Gasteiger partial charge is 0.254 e. The van der Waals surface area contributed by atoms with Crippen molar-refractivity contribution in [3.8, 4) is 5.75 Å². The van der Waals surface area contributed by atoms with Crippen molar-refractivity contribution >= 4 is 33.9 Å². The minimum atomic E-state index is -1.66. The van der Waals surface area contributed by atoms with Crippen LogP contribution in [-0.4, -0.2) is 47.8 Å². The van der Waals surface area contributed by atoms with Crippen molar-refractivity contribution in [3.63, 3.8) is 0 Å². The average molecular weight is 423 g/mol. The number of hydrogen-bond donors (Lipinski definition) is 1. The Bertz CT molecular complexity index is 1110. The van der Waals surface area contributed by atoms with Crippen molar-refractivity contribution in [2.75, 3.05) is 36.0 Å². The van der Waals surface area contributed by atoms with Gasteiger partial charge in [-0.15, -0.1) is 0 Å². The maximum absolute atomic E-state index is 11.0. The van der Waals surface area contributed by atoms with Gasteiger partial charge in [0.2, 0.25) is 5.89 Å². The van der Waals surface area contributed by atoms with Crippen LogP contribution < -0.4 is 14.5 Å². The maximum atomic E-state index is 11.0. The normalized spacial score (nSPS) is 17.8. The van der Waals surface area contributed by atoms with E-state index in [-0.39, 0.29) is 11.6 Å². The van der Waals surface area contributed by atoms with Gasteiger partial charge in [0.25, 0.3) is 5.79 Å². The molecular weight excluding hydrogens is 392 g/mol. The Hall–Kier alpha value is -3.06. The molecule has 1 aliphatic rings. The van der Waals surface area contributed by atoms with E-state index in [0.717, 1.165) is 37.6 Å². The molecule has 0 saturated heterocycles. The Balaban J connectivity index is 1.74. The van der Waals surface area contributed by atoms with E-state index in [1.807, 2.05) is 36.4 Å². The Morgan fingerprint density at radius 3 is 2.16 bits per heavy atom. The van der Waals surface area contributed by atoms with E-state index in [4.69, 9.17) is 9.15 Å². The molecule has 31 heavy (non-hydrogen) atoms. The summed E-state index contributed by atoms with van der Waals surface area (Å²) in [6.07, 6.45) is 0. The molecule has 2 aromatic carbocycles. The number of ether oxygens (including phenoxy) is 1. The number of fused-ring (bicyclic) bond motifs is 2. The lowest BCUT2D eigenvalue weighted by atomic mass is 10.1. The number of rotatable bonds is 7. The number of aliphatic imine (C=N–C) groups is 1. The molecule has 2 heterocycles. The molecule has 0 spiro atoms. The van der Waals surface area contributed by atoms with Gasteiger partial charge in [0.1, 0.15) is 11.2 Å². The summed E-state index contributed by atoms with van der Waals surface area (Å²) >= 11 is 0. The van der Waals surface area contributed by atoms with E-state index in [1.165, 1.54) is 0 Å². The third kappa shape index (κ3) is 3.85. The zero-order valence-electron chi connectivity index (χ0n) is 18.8. The Morgan fingerprint density at radius 2 is 1.52 bits per heavy atom. The van der Waals surface area contributed by atoms with Crippen molar-refractivity contribution in [1.29, 1.82) is 0 Å². The highest BCUT2D eigenvalue weighted by Gasteiger charge is 2.39. The fraction of sp³-hybridized carbons (Fsp3) is 0.417. The summed E-state index contributed by atoms with van der Waals surface area (Å²) in [6.45, 7) is 13.6. The molecule has 0 fully saturated rings. The highest BCUT2D eigenvalue weighted by atomic mass is 16.6. The number of nitrogens with zero attached hydrogens (tertiary/aromatic N) is 4. The molecule has 0 unspecified atom stereocenters. The van der Waals surface area contributed by atoms with E-state index < -0.39 is 5.79 Å². The van der Waals surface area contributed by atoms with Gasteiger partial charge < -0.3 is 24.1 Å². The van der Waals surface area contributed by atoms with Crippen LogP contribution in [0.5, 0.6) is 5.75 Å². The van der Waals surface area contributed by atoms with Crippen molar-refractivity contribution < 1.29 is 14.3 Å². The molecule has 7 nitrogen and oxygen atoms in total. The zero-order valence-corrected chi connectivity index (χ0v) is 18.8. The van der Waals surface area contributed by atoms with Crippen LogP contribution in [0.2, 0.25) is 0 Å². The van der Waals surface area contributed by atoms with E-state index in [1.54, 1.807) is 6.92 Å². The number of aromatic nitrogens is 1.